The second-order valence-electron chi connectivity index (χ2n) is 5.85. The lowest BCUT2D eigenvalue weighted by molar-refractivity contribution is 0.411. The van der Waals surface area contributed by atoms with Crippen molar-refractivity contribution < 1.29 is 0 Å². The topological polar surface area (TPSA) is 0 Å². The summed E-state index contributed by atoms with van der Waals surface area (Å²) in [5.74, 6) is 0. The van der Waals surface area contributed by atoms with E-state index in [1.807, 2.05) is 11.3 Å². The molecule has 1 heteroatoms. The fourth-order valence-corrected chi connectivity index (χ4v) is 3.25. The van der Waals surface area contributed by atoms with E-state index in [-0.39, 0.29) is 0 Å². The molecule has 0 aliphatic heterocycles. The van der Waals surface area contributed by atoms with E-state index in [1.54, 1.807) is 0 Å². The maximum absolute atomic E-state index is 2.37. The van der Waals surface area contributed by atoms with Gasteiger partial charge in [-0.3, -0.25) is 0 Å². The molecule has 0 aliphatic carbocycles. The van der Waals surface area contributed by atoms with Crippen LogP contribution in [0, 0.1) is 19.3 Å². The lowest BCUT2D eigenvalue weighted by Crippen LogP contribution is -2.08. The molecule has 86 valence electrons. The zero-order valence-electron chi connectivity index (χ0n) is 10.8. The lowest BCUT2D eigenvalue weighted by Gasteiger charge is -2.17. The molecule has 0 spiro atoms. The maximum Gasteiger partial charge on any atom is 0.0351 e. The van der Waals surface area contributed by atoms with Gasteiger partial charge in [-0.1, -0.05) is 32.9 Å². The first-order valence-electron chi connectivity index (χ1n) is 5.85. The zero-order chi connectivity index (χ0) is 11.9. The molecule has 16 heavy (non-hydrogen) atoms. The molecule has 2 rings (SSSR count). The van der Waals surface area contributed by atoms with E-state index in [1.165, 1.54) is 26.1 Å². The summed E-state index contributed by atoms with van der Waals surface area (Å²) in [6.07, 6.45) is 1.15. The molecule has 1 aromatic heterocycles. The molecule has 0 bridgehead atoms. The van der Waals surface area contributed by atoms with E-state index in [0.717, 1.165) is 6.42 Å². The Hall–Kier alpha value is -0.820. The Kier molecular flexibility index (Phi) is 2.83. The number of hydrogen-bond acceptors (Lipinski definition) is 1. The highest BCUT2D eigenvalue weighted by atomic mass is 32.1. The van der Waals surface area contributed by atoms with Crippen molar-refractivity contribution >= 4 is 21.4 Å². The predicted octanol–water partition coefficient (Wildman–Crippen LogP) is 5.11. The van der Waals surface area contributed by atoms with Gasteiger partial charge >= 0.3 is 0 Å². The first-order valence-corrected chi connectivity index (χ1v) is 6.67. The first-order chi connectivity index (χ1) is 7.37. The number of benzene rings is 1. The van der Waals surface area contributed by atoms with Crippen molar-refractivity contribution in [3.05, 3.63) is 34.2 Å². The van der Waals surface area contributed by atoms with Crippen molar-refractivity contribution in [2.75, 3.05) is 0 Å². The van der Waals surface area contributed by atoms with Gasteiger partial charge in [-0.2, -0.15) is 0 Å². The Morgan fingerprint density at radius 1 is 1.12 bits per heavy atom. The molecular weight excluding hydrogens is 212 g/mol. The third-order valence-corrected chi connectivity index (χ3v) is 4.15. The van der Waals surface area contributed by atoms with Crippen molar-refractivity contribution in [3.63, 3.8) is 0 Å². The summed E-state index contributed by atoms with van der Waals surface area (Å²) in [4.78, 5) is 1.45. The van der Waals surface area contributed by atoms with Gasteiger partial charge in [0.05, 0.1) is 0 Å². The Balaban J connectivity index is 2.45. The second kappa shape index (κ2) is 3.89. The van der Waals surface area contributed by atoms with Crippen molar-refractivity contribution in [2.24, 2.45) is 5.41 Å². The fraction of sp³-hybridized carbons (Fsp3) is 0.467. The maximum atomic E-state index is 2.37. The third kappa shape index (κ3) is 2.30. The Morgan fingerprint density at radius 3 is 2.44 bits per heavy atom. The van der Waals surface area contributed by atoms with Crippen LogP contribution in [-0.4, -0.2) is 0 Å². The molecule has 0 radical (unpaired) electrons. The predicted molar refractivity (Wildman–Crippen MR) is 74.5 cm³/mol. The fourth-order valence-electron chi connectivity index (χ4n) is 2.11. The van der Waals surface area contributed by atoms with Crippen LogP contribution in [0.15, 0.2) is 18.2 Å². The van der Waals surface area contributed by atoms with Gasteiger partial charge in [0.1, 0.15) is 0 Å². The zero-order valence-corrected chi connectivity index (χ0v) is 11.7. The second-order valence-corrected chi connectivity index (χ2v) is 7.11. The van der Waals surface area contributed by atoms with Gasteiger partial charge in [0.2, 0.25) is 0 Å². The highest BCUT2D eigenvalue weighted by molar-refractivity contribution is 7.19. The van der Waals surface area contributed by atoms with Crippen LogP contribution >= 0.6 is 11.3 Å². The van der Waals surface area contributed by atoms with E-state index in [4.69, 9.17) is 0 Å². The molecule has 0 aliphatic rings. The summed E-state index contributed by atoms with van der Waals surface area (Å²) in [7, 11) is 0. The summed E-state index contributed by atoms with van der Waals surface area (Å²) in [6.45, 7) is 11.3. The van der Waals surface area contributed by atoms with Crippen LogP contribution in [0.4, 0.5) is 0 Å². The number of thiophene rings is 1. The van der Waals surface area contributed by atoms with Crippen molar-refractivity contribution in [3.8, 4) is 0 Å². The van der Waals surface area contributed by atoms with E-state index in [2.05, 4.69) is 52.8 Å². The highest BCUT2D eigenvalue weighted by Gasteiger charge is 2.12. The quantitative estimate of drug-likeness (QED) is 0.641. The minimum Gasteiger partial charge on any atom is -0.140 e. The molecule has 0 N–H and O–H groups in total. The number of hydrogen-bond donors (Lipinski definition) is 0. The average Bonchev–Trinajstić information content (AvgIpc) is 2.40. The van der Waals surface area contributed by atoms with E-state index < -0.39 is 0 Å². The summed E-state index contributed by atoms with van der Waals surface area (Å²) < 4.78 is 1.44. The van der Waals surface area contributed by atoms with E-state index in [0.29, 0.717) is 5.41 Å². The molecule has 0 saturated carbocycles. The molecule has 0 saturated heterocycles. The van der Waals surface area contributed by atoms with Gasteiger partial charge in [0, 0.05) is 9.58 Å². The van der Waals surface area contributed by atoms with E-state index in [9.17, 15) is 0 Å². The summed E-state index contributed by atoms with van der Waals surface area (Å²) in [5.41, 5.74) is 3.28. The smallest absolute Gasteiger partial charge is 0.0351 e. The van der Waals surface area contributed by atoms with Crippen LogP contribution in [0.3, 0.4) is 0 Å². The monoisotopic (exact) mass is 232 g/mol. The van der Waals surface area contributed by atoms with Crippen molar-refractivity contribution in [2.45, 2.75) is 41.0 Å². The standard InChI is InChI=1S/C15H20S/c1-10-11(2)16-14-8-12(6-7-13(10)14)9-15(3,4)5/h6-8H,9H2,1-5H3. The molecule has 0 amide bonds. The Bertz CT molecular complexity index is 512. The van der Waals surface area contributed by atoms with Gasteiger partial charge in [0.15, 0.2) is 0 Å². The van der Waals surface area contributed by atoms with Crippen LogP contribution < -0.4 is 0 Å². The number of rotatable bonds is 1. The van der Waals surface area contributed by atoms with Gasteiger partial charge in [0.25, 0.3) is 0 Å². The van der Waals surface area contributed by atoms with Gasteiger partial charge in [-0.05, 0) is 48.3 Å². The van der Waals surface area contributed by atoms with Gasteiger partial charge in [-0.15, -0.1) is 11.3 Å². The largest absolute Gasteiger partial charge is 0.140 e. The summed E-state index contributed by atoms with van der Waals surface area (Å²) in [5, 5.41) is 1.43. The number of aryl methyl sites for hydroxylation is 2. The molecular formula is C15H20S. The van der Waals surface area contributed by atoms with Crippen LogP contribution in [-0.2, 0) is 6.42 Å². The molecule has 1 aromatic carbocycles. The first kappa shape index (κ1) is 11.7. The molecule has 0 nitrogen and oxygen atoms in total. The molecule has 1 heterocycles. The highest BCUT2D eigenvalue weighted by Crippen LogP contribution is 2.32. The Labute approximate surface area is 102 Å². The van der Waals surface area contributed by atoms with Crippen LogP contribution in [0.25, 0.3) is 10.1 Å². The van der Waals surface area contributed by atoms with E-state index >= 15 is 0 Å². The summed E-state index contributed by atoms with van der Waals surface area (Å²) >= 11 is 1.92. The summed E-state index contributed by atoms with van der Waals surface area (Å²) in [6, 6.07) is 6.94. The SMILES string of the molecule is Cc1sc2cc(CC(C)(C)C)ccc2c1C. The van der Waals surface area contributed by atoms with Crippen LogP contribution in [0.1, 0.15) is 36.8 Å². The third-order valence-electron chi connectivity index (χ3n) is 2.98. The van der Waals surface area contributed by atoms with Gasteiger partial charge in [-0.25, -0.2) is 0 Å². The van der Waals surface area contributed by atoms with Crippen molar-refractivity contribution in [1.82, 2.24) is 0 Å². The molecule has 0 unspecified atom stereocenters. The lowest BCUT2D eigenvalue weighted by atomic mass is 9.88. The molecule has 0 fully saturated rings. The average molecular weight is 232 g/mol. The minimum absolute atomic E-state index is 0.370. The Morgan fingerprint density at radius 2 is 1.81 bits per heavy atom. The van der Waals surface area contributed by atoms with Crippen molar-refractivity contribution in [1.29, 1.82) is 0 Å². The normalized spacial score (nSPS) is 12.3. The van der Waals surface area contributed by atoms with Crippen LogP contribution in [0.5, 0.6) is 0 Å². The number of fused-ring (bicyclic) bond motifs is 1. The molecule has 2 aromatic rings. The van der Waals surface area contributed by atoms with Crippen LogP contribution in [0.2, 0.25) is 0 Å². The minimum atomic E-state index is 0.370. The molecule has 0 atom stereocenters. The van der Waals surface area contributed by atoms with Gasteiger partial charge < -0.3 is 0 Å².